The van der Waals surface area contributed by atoms with Gasteiger partial charge in [-0.15, -0.1) is 0 Å². The van der Waals surface area contributed by atoms with E-state index in [0.29, 0.717) is 36.3 Å². The van der Waals surface area contributed by atoms with E-state index >= 15 is 0 Å². The Kier molecular flexibility index (Phi) is 21.7. The Morgan fingerprint density at radius 3 is 1.99 bits per heavy atom. The quantitative estimate of drug-likeness (QED) is 0.0470. The van der Waals surface area contributed by atoms with Gasteiger partial charge in [-0.3, -0.25) is 43.3 Å². The maximum absolute atomic E-state index is 14.5. The highest BCUT2D eigenvalue weighted by molar-refractivity contribution is 8.77. The van der Waals surface area contributed by atoms with Crippen molar-refractivity contribution in [2.24, 2.45) is 33.8 Å². The number of aliphatic imine (C=N–C) groups is 1. The van der Waals surface area contributed by atoms with E-state index in [4.69, 9.17) is 27.7 Å². The molecule has 3 unspecified atom stereocenters. The number of rotatable bonds is 16. The fourth-order valence-corrected chi connectivity index (χ4v) is 11.3. The topological polar surface area (TPSA) is 334 Å². The van der Waals surface area contributed by atoms with Crippen LogP contribution in [-0.2, 0) is 51.2 Å². The lowest BCUT2D eigenvalue weighted by molar-refractivity contribution is -0.136. The second kappa shape index (κ2) is 27.1. The number of primary amides is 2. The Labute approximate surface area is 404 Å². The first-order valence-electron chi connectivity index (χ1n) is 22.9. The molecule has 22 heteroatoms. The summed E-state index contributed by atoms with van der Waals surface area (Å²) >= 11 is 0. The standard InChI is InChI=1S/C46H67N11O9S2/c1-4-66-30-17-15-29(16-18-30)23-32-40(61)54-33(22-28-12-7-5-8-13-28)42(63)57-38(27(2)3)44(65)55-34(24-36(47)58)41(62)56-35(43(64)53-31(39(48)60)14-11-21-51-45(49)50)26-67-68-46(25-37(59)52-32)19-9-6-10-20-46/h5,7-8,12-13,15-18,27,31-35,38H,4,6,9-11,14,19-26H2,1-3H3,(H2,47,58)(H2,48,60)(H,52,59)(H,53,64)(H,54,61)(H,55,65)(H,56,62)(H,57,63)(H4,49,50,51)/t31-,32?,33?,34-,35?,38-/m0/s1. The molecule has 2 aromatic carbocycles. The highest BCUT2D eigenvalue weighted by atomic mass is 33.1. The molecule has 68 heavy (non-hydrogen) atoms. The van der Waals surface area contributed by atoms with Gasteiger partial charge in [0.1, 0.15) is 42.0 Å². The predicted molar refractivity (Wildman–Crippen MR) is 261 cm³/mol. The third-order valence-corrected chi connectivity index (χ3v) is 14.8. The van der Waals surface area contributed by atoms with Gasteiger partial charge in [-0.1, -0.05) is 97.2 Å². The van der Waals surface area contributed by atoms with Crippen molar-refractivity contribution in [1.29, 1.82) is 0 Å². The summed E-state index contributed by atoms with van der Waals surface area (Å²) in [5, 5.41) is 16.4. The lowest BCUT2D eigenvalue weighted by Gasteiger charge is -2.36. The maximum atomic E-state index is 14.5. The number of hydrogen-bond acceptors (Lipinski definition) is 12. The Morgan fingerprint density at radius 1 is 0.779 bits per heavy atom. The molecule has 1 aliphatic carbocycles. The number of benzene rings is 2. The van der Waals surface area contributed by atoms with Crippen LogP contribution in [-0.4, -0.2) is 113 Å². The first-order valence-corrected chi connectivity index (χ1v) is 25.2. The second-order valence-corrected chi connectivity index (χ2v) is 20.2. The van der Waals surface area contributed by atoms with E-state index in [1.807, 2.05) is 6.92 Å². The van der Waals surface area contributed by atoms with Crippen LogP contribution in [0.5, 0.6) is 5.75 Å². The minimum Gasteiger partial charge on any atom is -0.494 e. The number of guanidine groups is 1. The van der Waals surface area contributed by atoms with Crippen LogP contribution in [0.25, 0.3) is 0 Å². The Bertz CT molecular complexity index is 2090. The zero-order chi connectivity index (χ0) is 49.8. The van der Waals surface area contributed by atoms with Crippen molar-refractivity contribution in [2.75, 3.05) is 18.9 Å². The molecule has 372 valence electrons. The van der Waals surface area contributed by atoms with Crippen molar-refractivity contribution in [2.45, 2.75) is 132 Å². The molecule has 0 radical (unpaired) electrons. The average Bonchev–Trinajstić information content (AvgIpc) is 3.28. The van der Waals surface area contributed by atoms with E-state index in [0.717, 1.165) is 19.3 Å². The van der Waals surface area contributed by atoms with E-state index in [1.54, 1.807) is 68.4 Å². The molecule has 1 spiro atoms. The van der Waals surface area contributed by atoms with Crippen LogP contribution in [0.15, 0.2) is 59.6 Å². The third kappa shape index (κ3) is 17.9. The van der Waals surface area contributed by atoms with Gasteiger partial charge >= 0.3 is 0 Å². The Balaban J connectivity index is 1.77. The van der Waals surface area contributed by atoms with Gasteiger partial charge in [0, 0.05) is 36.3 Å². The molecule has 1 heterocycles. The maximum Gasteiger partial charge on any atom is 0.244 e. The smallest absolute Gasteiger partial charge is 0.244 e. The van der Waals surface area contributed by atoms with Gasteiger partial charge in [0.2, 0.25) is 47.3 Å². The van der Waals surface area contributed by atoms with Crippen LogP contribution in [0.4, 0.5) is 0 Å². The molecular formula is C46H67N11O9S2. The SMILES string of the molecule is CCOc1ccc(CC2NC(=O)CC3(CCCCC3)SSCC(C(=O)N[C@@H](CCCN=C(N)N)C(N)=O)NC(=O)[C@H](CC(N)=O)NC(=O)[C@H](C(C)C)NC(=O)C(Cc3ccccc3)NC2=O)cc1. The third-order valence-electron chi connectivity index (χ3n) is 11.5. The lowest BCUT2D eigenvalue weighted by Crippen LogP contribution is -2.61. The van der Waals surface area contributed by atoms with Crippen molar-refractivity contribution in [3.05, 3.63) is 65.7 Å². The largest absolute Gasteiger partial charge is 0.494 e. The highest BCUT2D eigenvalue weighted by Gasteiger charge is 2.39. The van der Waals surface area contributed by atoms with Gasteiger partial charge in [0.25, 0.3) is 0 Å². The van der Waals surface area contributed by atoms with E-state index in [2.05, 4.69) is 36.9 Å². The minimum absolute atomic E-state index is 0.00277. The number of nitrogens with two attached hydrogens (primary N) is 4. The number of nitrogens with one attached hydrogen (secondary N) is 6. The summed E-state index contributed by atoms with van der Waals surface area (Å²) in [4.78, 5) is 114. The van der Waals surface area contributed by atoms with Crippen LogP contribution in [0.3, 0.4) is 0 Å². The van der Waals surface area contributed by atoms with Crippen LogP contribution in [0, 0.1) is 5.92 Å². The van der Waals surface area contributed by atoms with Crippen molar-refractivity contribution in [3.8, 4) is 5.75 Å². The number of nitrogens with zero attached hydrogens (tertiary/aromatic N) is 1. The number of carbonyl (C=O) groups excluding carboxylic acids is 8. The molecule has 20 nitrogen and oxygen atoms in total. The molecule has 0 bridgehead atoms. The molecule has 2 aromatic rings. The van der Waals surface area contributed by atoms with E-state index in [9.17, 15) is 38.4 Å². The van der Waals surface area contributed by atoms with E-state index in [1.165, 1.54) is 21.6 Å². The van der Waals surface area contributed by atoms with Crippen molar-refractivity contribution >= 4 is 74.8 Å². The number of hydrogen-bond donors (Lipinski definition) is 10. The molecule has 4 rings (SSSR count). The van der Waals surface area contributed by atoms with Gasteiger partial charge in [0.05, 0.1) is 13.0 Å². The number of ether oxygens (including phenoxy) is 1. The molecule has 1 saturated heterocycles. The van der Waals surface area contributed by atoms with Gasteiger partial charge < -0.3 is 59.6 Å². The zero-order valence-electron chi connectivity index (χ0n) is 38.9. The van der Waals surface area contributed by atoms with Gasteiger partial charge in [0.15, 0.2) is 5.96 Å². The Morgan fingerprint density at radius 2 is 1.38 bits per heavy atom. The summed E-state index contributed by atoms with van der Waals surface area (Å²) in [6.07, 6.45) is 3.52. The lowest BCUT2D eigenvalue weighted by atomic mass is 9.85. The van der Waals surface area contributed by atoms with Gasteiger partial charge in [-0.25, -0.2) is 0 Å². The zero-order valence-corrected chi connectivity index (χ0v) is 40.5. The van der Waals surface area contributed by atoms with Crippen LogP contribution < -0.4 is 59.6 Å². The molecule has 8 amide bonds. The van der Waals surface area contributed by atoms with E-state index < -0.39 is 101 Å². The summed E-state index contributed by atoms with van der Waals surface area (Å²) in [6, 6.07) is 8.20. The van der Waals surface area contributed by atoms with E-state index in [-0.39, 0.29) is 50.4 Å². The molecule has 2 aliphatic rings. The van der Waals surface area contributed by atoms with Crippen molar-refractivity contribution < 1.29 is 43.1 Å². The normalized spacial score (nSPS) is 22.5. The molecule has 0 aromatic heterocycles. The van der Waals surface area contributed by atoms with Gasteiger partial charge in [-0.2, -0.15) is 0 Å². The first-order chi connectivity index (χ1) is 32.4. The fraction of sp³-hybridized carbons (Fsp3) is 0.543. The van der Waals surface area contributed by atoms with Gasteiger partial charge in [-0.05, 0) is 61.8 Å². The van der Waals surface area contributed by atoms with Crippen molar-refractivity contribution in [1.82, 2.24) is 31.9 Å². The minimum atomic E-state index is -1.61. The van der Waals surface area contributed by atoms with Crippen molar-refractivity contribution in [3.63, 3.8) is 0 Å². The monoisotopic (exact) mass is 981 g/mol. The number of carbonyl (C=O) groups is 8. The summed E-state index contributed by atoms with van der Waals surface area (Å²) in [7, 11) is 2.60. The average molecular weight is 982 g/mol. The highest BCUT2D eigenvalue weighted by Crippen LogP contribution is 2.48. The fourth-order valence-electron chi connectivity index (χ4n) is 7.89. The molecule has 1 aliphatic heterocycles. The Hall–Kier alpha value is -6.03. The van der Waals surface area contributed by atoms with Crippen LogP contribution in [0.1, 0.15) is 89.7 Å². The summed E-state index contributed by atoms with van der Waals surface area (Å²) < 4.78 is 4.95. The molecule has 6 atom stereocenters. The predicted octanol–water partition coefficient (Wildman–Crippen LogP) is 0.338. The molecule has 14 N–H and O–H groups in total. The van der Waals surface area contributed by atoms with Crippen LogP contribution in [0.2, 0.25) is 0 Å². The molecular weight excluding hydrogens is 915 g/mol. The summed E-state index contributed by atoms with van der Waals surface area (Å²) in [5.74, 6) is -6.40. The van der Waals surface area contributed by atoms with Crippen LogP contribution >= 0.6 is 21.6 Å². The molecule has 2 fully saturated rings. The second-order valence-electron chi connectivity index (χ2n) is 17.4. The number of amides is 8. The molecule has 1 saturated carbocycles. The summed E-state index contributed by atoms with van der Waals surface area (Å²) in [5.41, 5.74) is 23.5. The first kappa shape index (κ1) is 54.6. The summed E-state index contributed by atoms with van der Waals surface area (Å²) in [6.45, 7) is 5.78.